The number of nitrogens with one attached hydrogen (secondary N) is 1. The molecule has 1 aliphatic carbocycles. The number of para-hydroxylation sites is 1. The second-order valence-electron chi connectivity index (χ2n) is 13.1. The first-order valence-corrected chi connectivity index (χ1v) is 16.7. The Morgan fingerprint density at radius 2 is 1.18 bits per heavy atom. The summed E-state index contributed by atoms with van der Waals surface area (Å²) in [6.07, 6.45) is 6.37. The Morgan fingerprint density at radius 1 is 0.612 bits per heavy atom. The smallest absolute Gasteiger partial charge is 0.0465 e. The highest BCUT2D eigenvalue weighted by atomic mass is 16.0. The van der Waals surface area contributed by atoms with Gasteiger partial charge in [0.2, 0.25) is 0 Å². The van der Waals surface area contributed by atoms with E-state index in [0.717, 1.165) is 22.6 Å². The monoisotopic (exact) mass is 638 g/mol. The van der Waals surface area contributed by atoms with Crippen LogP contribution in [0.3, 0.4) is 0 Å². The molecule has 6 aromatic carbocycles. The van der Waals surface area contributed by atoms with Gasteiger partial charge in [0.15, 0.2) is 0 Å². The molecule has 0 fully saturated rings. The van der Waals surface area contributed by atoms with Crippen LogP contribution in [0.25, 0.3) is 49.6 Å². The molecule has 0 aliphatic heterocycles. The molecule has 0 radical (unpaired) electrons. The van der Waals surface area contributed by atoms with Crippen LogP contribution < -0.4 is 4.90 Å². The van der Waals surface area contributed by atoms with Crippen molar-refractivity contribution in [3.63, 3.8) is 0 Å². The minimum absolute atomic E-state index is 0. The van der Waals surface area contributed by atoms with Crippen molar-refractivity contribution in [3.05, 3.63) is 181 Å². The number of allylic oxidation sites excluding steroid dienone is 5. The van der Waals surface area contributed by atoms with Crippen molar-refractivity contribution in [2.45, 2.75) is 26.2 Å². The van der Waals surface area contributed by atoms with Crippen molar-refractivity contribution in [3.8, 4) is 22.3 Å². The van der Waals surface area contributed by atoms with E-state index < -0.39 is 0 Å². The molecular formula is C46H42N2O. The molecule has 0 saturated carbocycles. The molecule has 7 aromatic rings. The minimum Gasteiger partial charge on any atom is -0.412 e. The molecule has 0 amide bonds. The zero-order valence-electron chi connectivity index (χ0n) is 28.2. The van der Waals surface area contributed by atoms with Crippen LogP contribution in [-0.4, -0.2) is 10.5 Å². The molecule has 0 saturated heterocycles. The first kappa shape index (κ1) is 31.7. The topological polar surface area (TPSA) is 50.5 Å². The SMILES string of the molecule is C=CC1=C(/C=C\C)c2ccc(N(c3ccc(-c4ccccc4)cc3)c3ccc(-c4ccc5[nH]c6ccccc6c5c4)cc3)cc2C1(C)C.O.[HH]. The second kappa shape index (κ2) is 12.6. The van der Waals surface area contributed by atoms with Crippen molar-refractivity contribution >= 4 is 44.4 Å². The van der Waals surface area contributed by atoms with Crippen LogP contribution in [0.2, 0.25) is 0 Å². The Morgan fingerprint density at radius 3 is 1.86 bits per heavy atom. The summed E-state index contributed by atoms with van der Waals surface area (Å²) in [4.78, 5) is 5.93. The standard InChI is InChI=1S/C46H38N2.H2O.H2/c1-5-12-38-39-27-26-37(30-43(39)46(3,4)42(38)6-2)48(35-22-17-32(18-23-35)31-13-8-7-9-14-31)36-24-19-33(20-25-36)34-21-28-45-41(29-34)40-15-10-11-16-44(40)47-45;;/h5-30,47H,2H2,1,3-4H3;1H2;1H/b12-5-;;. The number of anilines is 3. The van der Waals surface area contributed by atoms with Gasteiger partial charge in [-0.05, 0) is 106 Å². The third-order valence-electron chi connectivity index (χ3n) is 9.92. The summed E-state index contributed by atoms with van der Waals surface area (Å²) >= 11 is 0. The summed E-state index contributed by atoms with van der Waals surface area (Å²) in [5, 5.41) is 2.50. The Labute approximate surface area is 290 Å². The molecule has 3 nitrogen and oxygen atoms in total. The van der Waals surface area contributed by atoms with Crippen molar-refractivity contribution in [2.75, 3.05) is 4.90 Å². The lowest BCUT2D eigenvalue weighted by Gasteiger charge is -2.29. The van der Waals surface area contributed by atoms with Crippen LogP contribution in [0, 0.1) is 0 Å². The van der Waals surface area contributed by atoms with Crippen molar-refractivity contribution < 1.29 is 6.90 Å². The highest BCUT2D eigenvalue weighted by Gasteiger charge is 2.36. The molecule has 1 heterocycles. The van der Waals surface area contributed by atoms with E-state index in [1.165, 1.54) is 60.8 Å². The van der Waals surface area contributed by atoms with Crippen LogP contribution in [0.4, 0.5) is 17.1 Å². The third-order valence-corrected chi connectivity index (χ3v) is 9.92. The largest absolute Gasteiger partial charge is 0.412 e. The maximum atomic E-state index is 4.20. The molecule has 8 rings (SSSR count). The number of nitrogens with zero attached hydrogens (tertiary/aromatic N) is 1. The number of hydrogen-bond donors (Lipinski definition) is 1. The van der Waals surface area contributed by atoms with E-state index in [0.29, 0.717) is 0 Å². The van der Waals surface area contributed by atoms with Crippen molar-refractivity contribution in [1.82, 2.24) is 4.98 Å². The number of rotatable bonds is 7. The fraction of sp³-hybridized carbons (Fsp3) is 0.0870. The summed E-state index contributed by atoms with van der Waals surface area (Å²) in [5.74, 6) is 0. The van der Waals surface area contributed by atoms with Gasteiger partial charge in [-0.25, -0.2) is 0 Å². The predicted molar refractivity (Wildman–Crippen MR) is 212 cm³/mol. The van der Waals surface area contributed by atoms with Gasteiger partial charge in [0.1, 0.15) is 0 Å². The van der Waals surface area contributed by atoms with Crippen molar-refractivity contribution in [2.24, 2.45) is 0 Å². The Hall–Kier alpha value is -5.90. The minimum atomic E-state index is -0.157. The zero-order chi connectivity index (χ0) is 32.8. The number of fused-ring (bicyclic) bond motifs is 4. The van der Waals surface area contributed by atoms with E-state index >= 15 is 0 Å². The van der Waals surface area contributed by atoms with Crippen molar-refractivity contribution in [1.29, 1.82) is 0 Å². The van der Waals surface area contributed by atoms with Gasteiger partial charge >= 0.3 is 0 Å². The molecule has 242 valence electrons. The number of benzene rings is 6. The Bertz CT molecular complexity index is 2380. The van der Waals surface area contributed by atoms with E-state index in [-0.39, 0.29) is 12.3 Å². The maximum Gasteiger partial charge on any atom is 0.0465 e. The lowest BCUT2D eigenvalue weighted by atomic mass is 9.81. The Balaban J connectivity index is 0.00000216. The van der Waals surface area contributed by atoms with Gasteiger partial charge in [-0.1, -0.05) is 124 Å². The Kier molecular flexibility index (Phi) is 8.15. The zero-order valence-corrected chi connectivity index (χ0v) is 28.2. The third kappa shape index (κ3) is 5.39. The van der Waals surface area contributed by atoms with Gasteiger partial charge < -0.3 is 15.4 Å². The van der Waals surface area contributed by atoms with E-state index in [4.69, 9.17) is 0 Å². The van der Waals surface area contributed by atoms with Gasteiger partial charge in [0, 0.05) is 45.7 Å². The van der Waals surface area contributed by atoms with E-state index in [1.807, 2.05) is 6.08 Å². The van der Waals surface area contributed by atoms with Crippen LogP contribution in [0.5, 0.6) is 0 Å². The highest BCUT2D eigenvalue weighted by molar-refractivity contribution is 6.08. The van der Waals surface area contributed by atoms with E-state index in [2.05, 4.69) is 189 Å². The van der Waals surface area contributed by atoms with Gasteiger partial charge in [0.05, 0.1) is 0 Å². The average Bonchev–Trinajstić information content (AvgIpc) is 3.60. The van der Waals surface area contributed by atoms with E-state index in [1.54, 1.807) is 0 Å². The van der Waals surface area contributed by atoms with Gasteiger partial charge in [-0.15, -0.1) is 0 Å². The van der Waals surface area contributed by atoms with E-state index in [9.17, 15) is 0 Å². The summed E-state index contributed by atoms with van der Waals surface area (Å²) in [6.45, 7) is 10.9. The normalized spacial score (nSPS) is 13.5. The maximum absolute atomic E-state index is 4.20. The molecule has 0 unspecified atom stereocenters. The molecule has 0 spiro atoms. The predicted octanol–water partition coefficient (Wildman–Crippen LogP) is 12.4. The molecule has 0 bridgehead atoms. The molecule has 1 aliphatic rings. The molecule has 1 aromatic heterocycles. The number of H-pyrrole nitrogens is 1. The van der Waals surface area contributed by atoms with Crippen LogP contribution in [0.1, 0.15) is 33.3 Å². The van der Waals surface area contributed by atoms with Crippen LogP contribution >= 0.6 is 0 Å². The summed E-state index contributed by atoms with van der Waals surface area (Å²) in [7, 11) is 0. The molecule has 3 N–H and O–H groups in total. The molecule has 49 heavy (non-hydrogen) atoms. The lowest BCUT2D eigenvalue weighted by molar-refractivity contribution is 0.654. The van der Waals surface area contributed by atoms with Crippen LogP contribution in [0.15, 0.2) is 170 Å². The van der Waals surface area contributed by atoms with Gasteiger partial charge in [-0.3, -0.25) is 0 Å². The number of aromatic nitrogens is 1. The number of aromatic amines is 1. The summed E-state index contributed by atoms with van der Waals surface area (Å²) < 4.78 is 0. The second-order valence-corrected chi connectivity index (χ2v) is 13.1. The first-order chi connectivity index (χ1) is 23.5. The highest BCUT2D eigenvalue weighted by Crippen LogP contribution is 2.49. The lowest BCUT2D eigenvalue weighted by Crippen LogP contribution is -2.17. The molecule has 0 atom stereocenters. The summed E-state index contributed by atoms with van der Waals surface area (Å²) in [5.41, 5.74) is 15.5. The first-order valence-electron chi connectivity index (χ1n) is 16.7. The summed E-state index contributed by atoms with van der Waals surface area (Å²) in [6, 6.07) is 50.6. The molecule has 3 heteroatoms. The average molecular weight is 639 g/mol. The van der Waals surface area contributed by atoms with Crippen LogP contribution in [-0.2, 0) is 5.41 Å². The molecular weight excluding hydrogens is 597 g/mol. The fourth-order valence-electron chi connectivity index (χ4n) is 7.47. The van der Waals surface area contributed by atoms with Gasteiger partial charge in [0.25, 0.3) is 0 Å². The number of hydrogen-bond acceptors (Lipinski definition) is 1. The van der Waals surface area contributed by atoms with Gasteiger partial charge in [-0.2, -0.15) is 0 Å². The quantitative estimate of drug-likeness (QED) is 0.186. The fourth-order valence-corrected chi connectivity index (χ4v) is 7.47.